The number of hydrogen-bond acceptors (Lipinski definition) is 3. The van der Waals surface area contributed by atoms with Crippen LogP contribution in [0.3, 0.4) is 0 Å². The molecular formula is C21H22N2OS. The Morgan fingerprint density at radius 3 is 2.72 bits per heavy atom. The van der Waals surface area contributed by atoms with Crippen LogP contribution in [0.5, 0.6) is 0 Å². The monoisotopic (exact) mass is 350 g/mol. The van der Waals surface area contributed by atoms with E-state index in [1.807, 2.05) is 25.1 Å². The second-order valence-electron chi connectivity index (χ2n) is 6.73. The van der Waals surface area contributed by atoms with Gasteiger partial charge in [0, 0.05) is 30.4 Å². The summed E-state index contributed by atoms with van der Waals surface area (Å²) in [7, 11) is 0. The van der Waals surface area contributed by atoms with Gasteiger partial charge in [-0.1, -0.05) is 48.5 Å². The minimum absolute atomic E-state index is 0.0743. The minimum atomic E-state index is 0.0743. The molecule has 1 N–H and O–H groups in total. The van der Waals surface area contributed by atoms with Gasteiger partial charge < -0.3 is 5.32 Å². The maximum Gasteiger partial charge on any atom is 0.261 e. The molecule has 3 aromatic rings. The van der Waals surface area contributed by atoms with E-state index in [-0.39, 0.29) is 11.9 Å². The maximum absolute atomic E-state index is 12.7. The molecule has 0 spiro atoms. The van der Waals surface area contributed by atoms with Crippen molar-refractivity contribution in [3.63, 3.8) is 0 Å². The summed E-state index contributed by atoms with van der Waals surface area (Å²) in [5, 5.41) is 4.43. The van der Waals surface area contributed by atoms with E-state index in [2.05, 4.69) is 46.6 Å². The van der Waals surface area contributed by atoms with Gasteiger partial charge in [0.15, 0.2) is 0 Å². The van der Waals surface area contributed by atoms with Crippen LogP contribution in [0.1, 0.15) is 27.2 Å². The molecule has 2 heterocycles. The summed E-state index contributed by atoms with van der Waals surface area (Å²) >= 11 is 1.59. The number of nitrogens with one attached hydrogen (secondary N) is 1. The number of carbonyl (C=O) groups is 1. The molecule has 4 rings (SSSR count). The van der Waals surface area contributed by atoms with Crippen LogP contribution in [0.2, 0.25) is 0 Å². The zero-order valence-corrected chi connectivity index (χ0v) is 15.2. The zero-order valence-electron chi connectivity index (χ0n) is 14.4. The van der Waals surface area contributed by atoms with Gasteiger partial charge in [-0.2, -0.15) is 0 Å². The van der Waals surface area contributed by atoms with E-state index in [0.29, 0.717) is 0 Å². The van der Waals surface area contributed by atoms with Crippen molar-refractivity contribution >= 4 is 27.3 Å². The smallest absolute Gasteiger partial charge is 0.261 e. The van der Waals surface area contributed by atoms with Crippen LogP contribution in [-0.4, -0.2) is 29.9 Å². The lowest BCUT2D eigenvalue weighted by molar-refractivity contribution is 0.0941. The van der Waals surface area contributed by atoms with Gasteiger partial charge in [-0.15, -0.1) is 11.3 Å². The van der Waals surface area contributed by atoms with Gasteiger partial charge >= 0.3 is 0 Å². The number of benzene rings is 2. The summed E-state index contributed by atoms with van der Waals surface area (Å²) in [6.45, 7) is 4.95. The molecule has 1 saturated heterocycles. The summed E-state index contributed by atoms with van der Waals surface area (Å²) in [6.07, 6.45) is 1.02. The fourth-order valence-corrected chi connectivity index (χ4v) is 4.69. The second-order valence-corrected chi connectivity index (χ2v) is 7.78. The summed E-state index contributed by atoms with van der Waals surface area (Å²) in [5.41, 5.74) is 2.42. The number of carbonyl (C=O) groups excluding carboxylic acids is 1. The van der Waals surface area contributed by atoms with Crippen molar-refractivity contribution in [2.75, 3.05) is 13.1 Å². The van der Waals surface area contributed by atoms with Gasteiger partial charge in [0.1, 0.15) is 0 Å². The lowest BCUT2D eigenvalue weighted by Gasteiger charge is -2.16. The van der Waals surface area contributed by atoms with Gasteiger partial charge in [0.2, 0.25) is 0 Å². The molecule has 0 aliphatic carbocycles. The van der Waals surface area contributed by atoms with Crippen LogP contribution < -0.4 is 5.32 Å². The maximum atomic E-state index is 12.7. The predicted octanol–water partition coefficient (Wildman–Crippen LogP) is 4.21. The molecule has 1 aliphatic heterocycles. The van der Waals surface area contributed by atoms with Crippen molar-refractivity contribution < 1.29 is 4.79 Å². The van der Waals surface area contributed by atoms with Gasteiger partial charge in [-0.25, -0.2) is 0 Å². The number of fused-ring (bicyclic) bond motifs is 1. The Balaban J connectivity index is 1.40. The lowest BCUT2D eigenvalue weighted by Crippen LogP contribution is -2.36. The van der Waals surface area contributed by atoms with Crippen LogP contribution in [0.4, 0.5) is 0 Å². The fourth-order valence-electron chi connectivity index (χ4n) is 3.58. The average molecular weight is 350 g/mol. The largest absolute Gasteiger partial charge is 0.347 e. The highest BCUT2D eigenvalue weighted by Crippen LogP contribution is 2.30. The average Bonchev–Trinajstić information content (AvgIpc) is 3.20. The van der Waals surface area contributed by atoms with Crippen molar-refractivity contribution in [2.45, 2.75) is 25.9 Å². The number of rotatable bonds is 4. The second kappa shape index (κ2) is 6.98. The van der Waals surface area contributed by atoms with Crippen molar-refractivity contribution in [1.29, 1.82) is 0 Å². The zero-order chi connectivity index (χ0) is 17.2. The third-order valence-corrected chi connectivity index (χ3v) is 6.18. The molecule has 1 atom stereocenters. The van der Waals surface area contributed by atoms with E-state index in [0.717, 1.165) is 36.5 Å². The number of likely N-dealkylation sites (tertiary alicyclic amines) is 1. The first-order chi connectivity index (χ1) is 12.2. The topological polar surface area (TPSA) is 32.3 Å². The number of hydrogen-bond donors (Lipinski definition) is 1. The van der Waals surface area contributed by atoms with E-state index in [1.165, 1.54) is 15.6 Å². The normalized spacial score (nSPS) is 17.9. The highest BCUT2D eigenvalue weighted by Gasteiger charge is 2.25. The fraction of sp³-hybridized carbons (Fsp3) is 0.286. The Kier molecular flexibility index (Phi) is 4.55. The lowest BCUT2D eigenvalue weighted by atomic mass is 10.1. The SMILES string of the molecule is Cc1c(C(=O)NC2CCN(Cc3ccccc3)C2)sc2ccccc12. The van der Waals surface area contributed by atoms with Gasteiger partial charge in [0.25, 0.3) is 5.91 Å². The summed E-state index contributed by atoms with van der Waals surface area (Å²) in [6, 6.07) is 19.0. The Morgan fingerprint density at radius 2 is 1.92 bits per heavy atom. The van der Waals surface area contributed by atoms with Crippen LogP contribution >= 0.6 is 11.3 Å². The number of aryl methyl sites for hydroxylation is 1. The van der Waals surface area contributed by atoms with Crippen molar-refractivity contribution in [1.82, 2.24) is 10.2 Å². The highest BCUT2D eigenvalue weighted by atomic mass is 32.1. The van der Waals surface area contributed by atoms with Crippen molar-refractivity contribution in [2.24, 2.45) is 0 Å². The molecule has 128 valence electrons. The standard InChI is InChI=1S/C21H22N2OS/c1-15-18-9-5-6-10-19(18)25-20(15)21(24)22-17-11-12-23(14-17)13-16-7-3-2-4-8-16/h2-10,17H,11-14H2,1H3,(H,22,24). The van der Waals surface area contributed by atoms with Crippen molar-refractivity contribution in [3.05, 3.63) is 70.6 Å². The molecule has 1 aliphatic rings. The summed E-state index contributed by atoms with van der Waals surface area (Å²) in [4.78, 5) is 16.0. The summed E-state index contributed by atoms with van der Waals surface area (Å²) < 4.78 is 1.18. The highest BCUT2D eigenvalue weighted by molar-refractivity contribution is 7.21. The molecule has 25 heavy (non-hydrogen) atoms. The molecule has 1 aromatic heterocycles. The van der Waals surface area contributed by atoms with Crippen LogP contribution in [0.15, 0.2) is 54.6 Å². The Labute approximate surface area is 152 Å². The van der Waals surface area contributed by atoms with E-state index in [9.17, 15) is 4.79 Å². The van der Waals surface area contributed by atoms with E-state index in [1.54, 1.807) is 11.3 Å². The first-order valence-electron chi connectivity index (χ1n) is 8.76. The predicted molar refractivity (Wildman–Crippen MR) is 104 cm³/mol. The van der Waals surface area contributed by atoms with E-state index >= 15 is 0 Å². The number of amides is 1. The molecule has 0 saturated carbocycles. The summed E-state index contributed by atoms with van der Waals surface area (Å²) in [5.74, 6) is 0.0743. The molecule has 0 bridgehead atoms. The van der Waals surface area contributed by atoms with Crippen LogP contribution in [0.25, 0.3) is 10.1 Å². The molecule has 1 unspecified atom stereocenters. The van der Waals surface area contributed by atoms with E-state index in [4.69, 9.17) is 0 Å². The molecule has 2 aromatic carbocycles. The van der Waals surface area contributed by atoms with Gasteiger partial charge in [0.05, 0.1) is 4.88 Å². The third-order valence-electron chi connectivity index (χ3n) is 4.91. The number of nitrogens with zero attached hydrogens (tertiary/aromatic N) is 1. The van der Waals surface area contributed by atoms with Crippen LogP contribution in [0, 0.1) is 6.92 Å². The van der Waals surface area contributed by atoms with Crippen LogP contribution in [-0.2, 0) is 6.54 Å². The Bertz CT molecular complexity index is 887. The molecule has 1 fully saturated rings. The first-order valence-corrected chi connectivity index (χ1v) is 9.57. The molecule has 4 heteroatoms. The van der Waals surface area contributed by atoms with Gasteiger partial charge in [-0.05, 0) is 35.9 Å². The minimum Gasteiger partial charge on any atom is -0.347 e. The molecule has 1 amide bonds. The van der Waals surface area contributed by atoms with E-state index < -0.39 is 0 Å². The third kappa shape index (κ3) is 3.46. The molecular weight excluding hydrogens is 328 g/mol. The Hall–Kier alpha value is -2.17. The molecule has 0 radical (unpaired) electrons. The number of thiophene rings is 1. The first kappa shape index (κ1) is 16.3. The molecule has 3 nitrogen and oxygen atoms in total. The van der Waals surface area contributed by atoms with Crippen molar-refractivity contribution in [3.8, 4) is 0 Å². The van der Waals surface area contributed by atoms with Gasteiger partial charge in [-0.3, -0.25) is 9.69 Å². The Morgan fingerprint density at radius 1 is 1.16 bits per heavy atom. The quantitative estimate of drug-likeness (QED) is 0.764.